The maximum absolute atomic E-state index is 11.7. The van der Waals surface area contributed by atoms with Gasteiger partial charge in [-0.2, -0.15) is 0 Å². The topological polar surface area (TPSA) is 83.5 Å². The Morgan fingerprint density at radius 1 is 1.25 bits per heavy atom. The van der Waals surface area contributed by atoms with Crippen LogP contribution in [-0.2, 0) is 13.5 Å². The maximum Gasteiger partial charge on any atom is 0.329 e. The maximum atomic E-state index is 11.7. The average Bonchev–Trinajstić information content (AvgIpc) is 2.81. The van der Waals surface area contributed by atoms with Crippen molar-refractivity contribution in [1.29, 1.82) is 0 Å². The van der Waals surface area contributed by atoms with Crippen molar-refractivity contribution in [2.24, 2.45) is 7.05 Å². The predicted molar refractivity (Wildman–Crippen MR) is 75.9 cm³/mol. The van der Waals surface area contributed by atoms with Crippen LogP contribution in [-0.4, -0.2) is 19.5 Å². The molecule has 2 heterocycles. The van der Waals surface area contributed by atoms with E-state index >= 15 is 0 Å². The van der Waals surface area contributed by atoms with Gasteiger partial charge in [0.25, 0.3) is 5.56 Å². The van der Waals surface area contributed by atoms with E-state index in [2.05, 4.69) is 21.0 Å². The van der Waals surface area contributed by atoms with Crippen molar-refractivity contribution >= 4 is 11.2 Å². The van der Waals surface area contributed by atoms with Gasteiger partial charge in [-0.15, -0.1) is 0 Å². The Bertz CT molecular complexity index is 901. The quantitative estimate of drug-likeness (QED) is 0.724. The van der Waals surface area contributed by atoms with E-state index in [1.54, 1.807) is 7.05 Å². The van der Waals surface area contributed by atoms with Crippen molar-refractivity contribution in [2.45, 2.75) is 13.3 Å². The number of hydrogen-bond acceptors (Lipinski definition) is 3. The zero-order valence-electron chi connectivity index (χ0n) is 11.2. The predicted octanol–water partition coefficient (Wildman–Crippen LogP) is 0.849. The van der Waals surface area contributed by atoms with Crippen LogP contribution >= 0.6 is 0 Å². The lowest BCUT2D eigenvalue weighted by Crippen LogP contribution is -2.28. The number of aryl methyl sites for hydroxylation is 2. The fourth-order valence-electron chi connectivity index (χ4n) is 2.25. The number of aromatic nitrogens is 4. The summed E-state index contributed by atoms with van der Waals surface area (Å²) < 4.78 is 1.33. The Hall–Kier alpha value is -2.63. The van der Waals surface area contributed by atoms with Crippen molar-refractivity contribution in [1.82, 2.24) is 19.5 Å². The van der Waals surface area contributed by atoms with Gasteiger partial charge in [0, 0.05) is 13.5 Å². The second-order valence-electron chi connectivity index (χ2n) is 4.87. The van der Waals surface area contributed by atoms with Crippen LogP contribution in [0.15, 0.2) is 33.9 Å². The van der Waals surface area contributed by atoms with E-state index in [9.17, 15) is 9.59 Å². The molecule has 0 radical (unpaired) electrons. The number of hydrogen-bond donors (Lipinski definition) is 2. The lowest BCUT2D eigenvalue weighted by atomic mass is 10.1. The summed E-state index contributed by atoms with van der Waals surface area (Å²) in [6, 6.07) is 8.08. The summed E-state index contributed by atoms with van der Waals surface area (Å²) in [4.78, 5) is 32.8. The number of fused-ring (bicyclic) bond motifs is 1. The largest absolute Gasteiger partial charge is 0.336 e. The number of imidazole rings is 1. The Morgan fingerprint density at radius 3 is 2.80 bits per heavy atom. The first-order valence-electron chi connectivity index (χ1n) is 6.28. The van der Waals surface area contributed by atoms with Gasteiger partial charge in [-0.25, -0.2) is 9.78 Å². The minimum atomic E-state index is -0.462. The zero-order chi connectivity index (χ0) is 14.3. The third-order valence-corrected chi connectivity index (χ3v) is 3.26. The normalized spacial score (nSPS) is 11.1. The highest BCUT2D eigenvalue weighted by atomic mass is 16.2. The van der Waals surface area contributed by atoms with Gasteiger partial charge >= 0.3 is 5.69 Å². The van der Waals surface area contributed by atoms with E-state index in [0.29, 0.717) is 23.4 Å². The molecule has 6 heteroatoms. The standard InChI is InChI=1S/C14H14N4O2/c1-8-4-3-5-9(6-8)7-10-15-11-12(16-10)18(2)14(20)17-13(11)19/h3-6H,7H2,1-2H3,(H,15,16)(H,17,19,20). The molecule has 2 aromatic heterocycles. The molecule has 0 aliphatic carbocycles. The van der Waals surface area contributed by atoms with E-state index in [1.807, 2.05) is 25.1 Å². The summed E-state index contributed by atoms with van der Waals surface area (Å²) in [5, 5.41) is 0. The number of aromatic amines is 2. The molecule has 0 spiro atoms. The van der Waals surface area contributed by atoms with Gasteiger partial charge in [0.05, 0.1) is 0 Å². The summed E-state index contributed by atoms with van der Waals surface area (Å²) >= 11 is 0. The Balaban J connectivity index is 2.10. The van der Waals surface area contributed by atoms with Gasteiger partial charge in [-0.3, -0.25) is 14.3 Å². The van der Waals surface area contributed by atoms with Crippen LogP contribution in [0.4, 0.5) is 0 Å². The fraction of sp³-hybridized carbons (Fsp3) is 0.214. The molecule has 3 aromatic rings. The SMILES string of the molecule is Cc1cccc(Cc2nc3c([nH]2)c(=O)[nH]c(=O)n3C)c1. The molecular weight excluding hydrogens is 256 g/mol. The number of nitrogens with zero attached hydrogens (tertiary/aromatic N) is 2. The van der Waals surface area contributed by atoms with Crippen molar-refractivity contribution in [2.75, 3.05) is 0 Å². The first-order valence-corrected chi connectivity index (χ1v) is 6.28. The highest BCUT2D eigenvalue weighted by Crippen LogP contribution is 2.11. The summed E-state index contributed by atoms with van der Waals surface area (Å²) in [6.07, 6.45) is 0.587. The van der Waals surface area contributed by atoms with E-state index in [1.165, 1.54) is 10.1 Å². The molecule has 0 amide bonds. The van der Waals surface area contributed by atoms with Crippen LogP contribution in [0.3, 0.4) is 0 Å². The highest BCUT2D eigenvalue weighted by molar-refractivity contribution is 5.69. The minimum absolute atomic E-state index is 0.328. The molecule has 0 unspecified atom stereocenters. The summed E-state index contributed by atoms with van der Waals surface area (Å²) in [7, 11) is 1.58. The number of H-pyrrole nitrogens is 2. The molecule has 6 nitrogen and oxygen atoms in total. The van der Waals surface area contributed by atoms with Gasteiger partial charge in [0.2, 0.25) is 0 Å². The van der Waals surface area contributed by atoms with Gasteiger partial charge in [-0.1, -0.05) is 29.8 Å². The minimum Gasteiger partial charge on any atom is -0.336 e. The molecule has 0 saturated carbocycles. The molecule has 102 valence electrons. The van der Waals surface area contributed by atoms with E-state index in [0.717, 1.165) is 5.56 Å². The molecule has 0 atom stereocenters. The van der Waals surface area contributed by atoms with Crippen LogP contribution in [0.2, 0.25) is 0 Å². The Morgan fingerprint density at radius 2 is 2.05 bits per heavy atom. The van der Waals surface area contributed by atoms with Crippen LogP contribution in [0.25, 0.3) is 11.2 Å². The zero-order valence-corrected chi connectivity index (χ0v) is 11.2. The summed E-state index contributed by atoms with van der Waals surface area (Å²) in [5.41, 5.74) is 2.08. The highest BCUT2D eigenvalue weighted by Gasteiger charge is 2.10. The van der Waals surface area contributed by atoms with Gasteiger partial charge in [0.1, 0.15) is 11.3 Å². The molecule has 3 rings (SSSR count). The molecule has 0 fully saturated rings. The number of benzene rings is 1. The van der Waals surface area contributed by atoms with Crippen LogP contribution in [0, 0.1) is 6.92 Å². The number of nitrogens with one attached hydrogen (secondary N) is 2. The molecule has 2 N–H and O–H groups in total. The van der Waals surface area contributed by atoms with Crippen LogP contribution < -0.4 is 11.2 Å². The molecule has 0 bridgehead atoms. The van der Waals surface area contributed by atoms with E-state index in [4.69, 9.17) is 0 Å². The van der Waals surface area contributed by atoms with Gasteiger partial charge in [-0.05, 0) is 12.5 Å². The lowest BCUT2D eigenvalue weighted by Gasteiger charge is -1.99. The Kier molecular flexibility index (Phi) is 2.78. The van der Waals surface area contributed by atoms with E-state index < -0.39 is 11.2 Å². The van der Waals surface area contributed by atoms with Crippen molar-refractivity contribution < 1.29 is 0 Å². The lowest BCUT2D eigenvalue weighted by molar-refractivity contribution is 0.830. The Labute approximate surface area is 114 Å². The van der Waals surface area contributed by atoms with E-state index in [-0.39, 0.29) is 0 Å². The van der Waals surface area contributed by atoms with Gasteiger partial charge in [0.15, 0.2) is 5.65 Å². The van der Waals surface area contributed by atoms with Crippen molar-refractivity contribution in [3.8, 4) is 0 Å². The molecular formula is C14H14N4O2. The molecule has 0 aliphatic heterocycles. The smallest absolute Gasteiger partial charge is 0.329 e. The first-order chi connectivity index (χ1) is 9.54. The summed E-state index contributed by atoms with van der Waals surface area (Å²) in [5.74, 6) is 0.664. The van der Waals surface area contributed by atoms with Gasteiger partial charge < -0.3 is 4.98 Å². The first kappa shape index (κ1) is 12.4. The fourth-order valence-corrected chi connectivity index (χ4v) is 2.25. The molecule has 1 aromatic carbocycles. The molecule has 0 saturated heterocycles. The van der Waals surface area contributed by atoms with Crippen LogP contribution in [0.1, 0.15) is 17.0 Å². The van der Waals surface area contributed by atoms with Crippen LogP contribution in [0.5, 0.6) is 0 Å². The van der Waals surface area contributed by atoms with Crippen molar-refractivity contribution in [3.05, 3.63) is 62.1 Å². The molecule has 0 aliphatic rings. The number of rotatable bonds is 2. The average molecular weight is 270 g/mol. The second kappa shape index (κ2) is 4.48. The summed E-state index contributed by atoms with van der Waals surface area (Å²) in [6.45, 7) is 2.02. The third kappa shape index (κ3) is 2.05. The molecule has 20 heavy (non-hydrogen) atoms. The second-order valence-corrected chi connectivity index (χ2v) is 4.87. The van der Waals surface area contributed by atoms with Crippen molar-refractivity contribution in [3.63, 3.8) is 0 Å². The third-order valence-electron chi connectivity index (χ3n) is 3.26. The monoisotopic (exact) mass is 270 g/mol.